The molecule has 1 saturated carbocycles. The number of benzene rings is 1. The van der Waals surface area contributed by atoms with E-state index in [0.29, 0.717) is 5.56 Å². The largest absolute Gasteiger partial charge is 0.466 e. The molecule has 1 fully saturated rings. The first-order valence-electron chi connectivity index (χ1n) is 10.6. The summed E-state index contributed by atoms with van der Waals surface area (Å²) in [6, 6.07) is 7.43. The minimum atomic E-state index is -1.63. The van der Waals surface area contributed by atoms with Crippen LogP contribution in [-0.4, -0.2) is 54.7 Å². The summed E-state index contributed by atoms with van der Waals surface area (Å²) in [7, 11) is 0. The highest BCUT2D eigenvalue weighted by atomic mass is 16.5. The van der Waals surface area contributed by atoms with E-state index < -0.39 is 41.1 Å². The number of ketones is 1. The Morgan fingerprint density at radius 1 is 1.03 bits per heavy atom. The van der Waals surface area contributed by atoms with Crippen molar-refractivity contribution in [1.82, 2.24) is 0 Å². The van der Waals surface area contributed by atoms with Gasteiger partial charge in [-0.2, -0.15) is 0 Å². The number of carbonyl (C=O) groups excluding carboxylic acids is 3. The fraction of sp³-hybridized carbons (Fsp3) is 0.609. The van der Waals surface area contributed by atoms with Crippen LogP contribution < -0.4 is 4.90 Å². The van der Waals surface area contributed by atoms with Crippen molar-refractivity contribution < 1.29 is 29.0 Å². The lowest BCUT2D eigenvalue weighted by Gasteiger charge is -2.43. The van der Waals surface area contributed by atoms with E-state index >= 15 is 0 Å². The Balaban J connectivity index is 2.57. The van der Waals surface area contributed by atoms with E-state index in [1.807, 2.05) is 24.3 Å². The number of rotatable bonds is 8. The summed E-state index contributed by atoms with van der Waals surface area (Å²) >= 11 is 0. The Morgan fingerprint density at radius 3 is 2.07 bits per heavy atom. The van der Waals surface area contributed by atoms with E-state index in [-0.39, 0.29) is 19.6 Å². The Bertz CT molecular complexity index is 753. The minimum Gasteiger partial charge on any atom is -0.466 e. The highest BCUT2D eigenvalue weighted by Gasteiger charge is 2.57. The molecule has 0 spiro atoms. The summed E-state index contributed by atoms with van der Waals surface area (Å²) in [5.74, 6) is -4.84. The van der Waals surface area contributed by atoms with E-state index in [4.69, 9.17) is 9.47 Å². The van der Waals surface area contributed by atoms with E-state index in [0.717, 1.165) is 18.8 Å². The topological polar surface area (TPSA) is 93.1 Å². The standard InChI is InChI=1S/C23H33NO6/c1-6-24(7-2)16-12-10-15(11-13-16)18-19(21(26)29-8-3)17(25)14-23(5,28)20(18)22(27)30-9-4/h10-13,18-20,28H,6-9,14H2,1-5H3/t18-,19+,20-,23-/m1/s1. The Kier molecular flexibility index (Phi) is 8.01. The van der Waals surface area contributed by atoms with Crippen LogP contribution in [0.25, 0.3) is 0 Å². The molecule has 1 aromatic rings. The number of ether oxygens (including phenoxy) is 2. The van der Waals surface area contributed by atoms with Crippen molar-refractivity contribution in [1.29, 1.82) is 0 Å². The van der Waals surface area contributed by atoms with E-state index in [1.54, 1.807) is 13.8 Å². The summed E-state index contributed by atoms with van der Waals surface area (Å²) in [6.07, 6.45) is -0.312. The summed E-state index contributed by atoms with van der Waals surface area (Å²) in [5, 5.41) is 11.0. The lowest BCUT2D eigenvalue weighted by Crippen LogP contribution is -2.55. The third-order valence-corrected chi connectivity index (χ3v) is 5.75. The van der Waals surface area contributed by atoms with Gasteiger partial charge in [-0.1, -0.05) is 12.1 Å². The molecule has 0 amide bonds. The Labute approximate surface area is 178 Å². The summed E-state index contributed by atoms with van der Waals surface area (Å²) in [6.45, 7) is 10.8. The fourth-order valence-corrected chi connectivity index (χ4v) is 4.38. The third kappa shape index (κ3) is 4.83. The minimum absolute atomic E-state index is 0.122. The maximum Gasteiger partial charge on any atom is 0.317 e. The normalized spacial score (nSPS) is 26.2. The molecule has 0 heterocycles. The van der Waals surface area contributed by atoms with Crippen LogP contribution in [-0.2, 0) is 23.9 Å². The molecule has 0 saturated heterocycles. The zero-order valence-electron chi connectivity index (χ0n) is 18.5. The number of esters is 2. The quantitative estimate of drug-likeness (QED) is 0.511. The van der Waals surface area contributed by atoms with Crippen LogP contribution in [0.15, 0.2) is 24.3 Å². The number of Topliss-reactive ketones (excluding diaryl/α,β-unsaturated/α-hetero) is 1. The highest BCUT2D eigenvalue weighted by Crippen LogP contribution is 2.47. The number of hydrogen-bond acceptors (Lipinski definition) is 7. The van der Waals surface area contributed by atoms with Crippen molar-refractivity contribution >= 4 is 23.4 Å². The molecule has 7 heteroatoms. The van der Waals surface area contributed by atoms with Gasteiger partial charge in [0, 0.05) is 31.1 Å². The maximum atomic E-state index is 12.9. The zero-order chi connectivity index (χ0) is 22.5. The van der Waals surface area contributed by atoms with Gasteiger partial charge in [-0.3, -0.25) is 14.4 Å². The van der Waals surface area contributed by atoms with Gasteiger partial charge in [-0.05, 0) is 52.3 Å². The molecule has 4 atom stereocenters. The van der Waals surface area contributed by atoms with Gasteiger partial charge in [0.15, 0.2) is 5.78 Å². The van der Waals surface area contributed by atoms with Crippen LogP contribution in [0.2, 0.25) is 0 Å². The first-order valence-corrected chi connectivity index (χ1v) is 10.6. The number of hydrogen-bond donors (Lipinski definition) is 1. The number of carbonyl (C=O) groups is 3. The SMILES string of the molecule is CCOC(=O)[C@H]1C(=O)C[C@@](C)(O)[C@@H](C(=O)OCC)[C@@H]1c1ccc(N(CC)CC)cc1. The smallest absolute Gasteiger partial charge is 0.317 e. The van der Waals surface area contributed by atoms with Gasteiger partial charge < -0.3 is 19.5 Å². The Hall–Kier alpha value is -2.41. The number of aliphatic hydroxyl groups is 1. The summed E-state index contributed by atoms with van der Waals surface area (Å²) < 4.78 is 10.4. The molecule has 1 aromatic carbocycles. The first kappa shape index (κ1) is 23.9. The molecule has 7 nitrogen and oxygen atoms in total. The lowest BCUT2D eigenvalue weighted by atomic mass is 9.61. The van der Waals surface area contributed by atoms with Gasteiger partial charge in [-0.15, -0.1) is 0 Å². The molecule has 0 radical (unpaired) electrons. The molecule has 2 rings (SSSR count). The molecular formula is C23H33NO6. The molecule has 1 aliphatic rings. The van der Waals surface area contributed by atoms with Crippen LogP contribution in [0.4, 0.5) is 5.69 Å². The first-order chi connectivity index (χ1) is 14.2. The van der Waals surface area contributed by atoms with Gasteiger partial charge >= 0.3 is 11.9 Å². The predicted octanol–water partition coefficient (Wildman–Crippen LogP) is 2.70. The maximum absolute atomic E-state index is 12.9. The van der Waals surface area contributed by atoms with Crippen LogP contribution in [0.1, 0.15) is 52.5 Å². The molecule has 0 aliphatic heterocycles. The van der Waals surface area contributed by atoms with Crippen molar-refractivity contribution in [3.05, 3.63) is 29.8 Å². The van der Waals surface area contributed by atoms with Gasteiger partial charge in [0.05, 0.1) is 24.7 Å². The van der Waals surface area contributed by atoms with Crippen molar-refractivity contribution in [2.45, 2.75) is 52.6 Å². The second kappa shape index (κ2) is 10.1. The van der Waals surface area contributed by atoms with E-state index in [1.165, 1.54) is 6.92 Å². The van der Waals surface area contributed by atoms with E-state index in [2.05, 4.69) is 18.7 Å². The van der Waals surface area contributed by atoms with Crippen LogP contribution in [0.3, 0.4) is 0 Å². The molecule has 30 heavy (non-hydrogen) atoms. The van der Waals surface area contributed by atoms with E-state index in [9.17, 15) is 19.5 Å². The van der Waals surface area contributed by atoms with Crippen molar-refractivity contribution in [2.75, 3.05) is 31.2 Å². The molecule has 1 N–H and O–H groups in total. The summed E-state index contributed by atoms with van der Waals surface area (Å²) in [4.78, 5) is 40.6. The Morgan fingerprint density at radius 2 is 1.57 bits per heavy atom. The van der Waals surface area contributed by atoms with Gasteiger partial charge in [0.2, 0.25) is 0 Å². The second-order valence-corrected chi connectivity index (χ2v) is 7.75. The number of anilines is 1. The van der Waals surface area contributed by atoms with Gasteiger partial charge in [-0.25, -0.2) is 0 Å². The van der Waals surface area contributed by atoms with Gasteiger partial charge in [0.25, 0.3) is 0 Å². The third-order valence-electron chi connectivity index (χ3n) is 5.75. The molecule has 0 bridgehead atoms. The van der Waals surface area contributed by atoms with Crippen LogP contribution in [0, 0.1) is 11.8 Å². The molecule has 0 unspecified atom stereocenters. The average Bonchev–Trinajstić information content (AvgIpc) is 2.68. The summed E-state index contributed by atoms with van der Waals surface area (Å²) in [5.41, 5.74) is -0.0116. The van der Waals surface area contributed by atoms with Crippen molar-refractivity contribution in [2.24, 2.45) is 11.8 Å². The van der Waals surface area contributed by atoms with Crippen LogP contribution >= 0.6 is 0 Å². The fourth-order valence-electron chi connectivity index (χ4n) is 4.38. The highest BCUT2D eigenvalue weighted by molar-refractivity contribution is 6.02. The zero-order valence-corrected chi connectivity index (χ0v) is 18.5. The van der Waals surface area contributed by atoms with Gasteiger partial charge in [0.1, 0.15) is 5.92 Å². The lowest BCUT2D eigenvalue weighted by molar-refractivity contribution is -0.172. The number of nitrogens with zero attached hydrogens (tertiary/aromatic N) is 1. The molecule has 1 aliphatic carbocycles. The van der Waals surface area contributed by atoms with Crippen LogP contribution in [0.5, 0.6) is 0 Å². The monoisotopic (exact) mass is 419 g/mol. The molecule has 166 valence electrons. The molecular weight excluding hydrogens is 386 g/mol. The predicted molar refractivity (Wildman–Crippen MR) is 113 cm³/mol. The second-order valence-electron chi connectivity index (χ2n) is 7.75. The molecule has 0 aromatic heterocycles. The van der Waals surface area contributed by atoms with Crippen molar-refractivity contribution in [3.8, 4) is 0 Å². The average molecular weight is 420 g/mol. The van der Waals surface area contributed by atoms with Crippen molar-refractivity contribution in [3.63, 3.8) is 0 Å².